The first-order valence-corrected chi connectivity index (χ1v) is 14.6. The lowest BCUT2D eigenvalue weighted by Crippen LogP contribution is -2.01. The molecule has 9 rings (SSSR count). The summed E-state index contributed by atoms with van der Waals surface area (Å²) in [6, 6.07) is 8.62. The van der Waals surface area contributed by atoms with Crippen LogP contribution < -0.4 is 0 Å². The second kappa shape index (κ2) is 11.3. The minimum Gasteiger partial charge on any atom is -0.292 e. The molecule has 0 aliphatic carbocycles. The average Bonchev–Trinajstić information content (AvgIpc) is 3.69. The second-order valence-corrected chi connectivity index (χ2v) is 10.6. The first kappa shape index (κ1) is 14.5. The van der Waals surface area contributed by atoms with E-state index in [0.29, 0.717) is 11.0 Å². The summed E-state index contributed by atoms with van der Waals surface area (Å²) in [7, 11) is 0. The van der Waals surface area contributed by atoms with Gasteiger partial charge in [-0.05, 0) is 73.6 Å². The number of hydrogen-bond donors (Lipinski definition) is 0. The number of imidazole rings is 1. The minimum atomic E-state index is -0.659. The van der Waals surface area contributed by atoms with Crippen molar-refractivity contribution >= 4 is 32.6 Å². The Kier molecular flexibility index (Phi) is 3.47. The molecule has 220 valence electrons. The van der Waals surface area contributed by atoms with Crippen molar-refractivity contribution in [2.24, 2.45) is 0 Å². The number of aromatic nitrogens is 2. The van der Waals surface area contributed by atoms with Gasteiger partial charge < -0.3 is 0 Å². The molecule has 0 unspecified atom stereocenters. The summed E-state index contributed by atoms with van der Waals surface area (Å²) in [5.41, 5.74) is 0.912. The Hall–Kier alpha value is -6.25. The van der Waals surface area contributed by atoms with Gasteiger partial charge in [-0.15, -0.1) is 0 Å². The molecule has 1 heterocycles. The average molecular weight is 617 g/mol. The topological polar surface area (TPSA) is 17.8 Å². The number of rotatable bonds is 5. The van der Waals surface area contributed by atoms with Gasteiger partial charge >= 0.3 is 0 Å². The van der Waals surface area contributed by atoms with Crippen molar-refractivity contribution in [1.82, 2.24) is 9.55 Å². The van der Waals surface area contributed by atoms with E-state index in [4.69, 9.17) is 24.2 Å². The standard InChI is InChI=1S/C45H30N2/c1-3-16-31(17-4-1)33-20-15-21-34(30-33)43-35-22-7-9-24-37(35)44(38-25-10-8-23-36(38)43)39-26-11-13-28-41(39)47-42-29-14-12-27-40(42)46-45(47)32-18-5-2-6-19-32/h1-30H/i1D,2D,3D,4D,5D,6D,7D,8D,9D,10D,16D,17D,18D,19D,22D,23D,24D,25D. The van der Waals surface area contributed by atoms with E-state index in [0.717, 1.165) is 0 Å². The van der Waals surface area contributed by atoms with Gasteiger partial charge in [-0.2, -0.15) is 0 Å². The minimum absolute atomic E-state index is 0.0417. The van der Waals surface area contributed by atoms with Crippen molar-refractivity contribution in [3.8, 4) is 50.5 Å². The van der Waals surface area contributed by atoms with Crippen LogP contribution in [0.2, 0.25) is 0 Å². The number of para-hydroxylation sites is 3. The van der Waals surface area contributed by atoms with Crippen molar-refractivity contribution in [2.45, 2.75) is 0 Å². The zero-order chi connectivity index (χ0) is 46.8. The second-order valence-electron chi connectivity index (χ2n) is 10.6. The number of fused-ring (bicyclic) bond motifs is 3. The molecule has 0 spiro atoms. The van der Waals surface area contributed by atoms with E-state index in [1.165, 1.54) is 24.3 Å². The van der Waals surface area contributed by atoms with Crippen LogP contribution in [0.15, 0.2) is 182 Å². The van der Waals surface area contributed by atoms with E-state index in [9.17, 15) is 5.48 Å². The quantitative estimate of drug-likeness (QED) is 0.176. The Morgan fingerprint density at radius 2 is 1.00 bits per heavy atom. The van der Waals surface area contributed by atoms with Gasteiger partial charge in [0, 0.05) is 11.1 Å². The molecule has 0 bridgehead atoms. The highest BCUT2D eigenvalue weighted by Crippen LogP contribution is 2.46. The van der Waals surface area contributed by atoms with Crippen LogP contribution >= 0.6 is 0 Å². The number of benzene rings is 8. The van der Waals surface area contributed by atoms with Crippen molar-refractivity contribution in [2.75, 3.05) is 0 Å². The fraction of sp³-hybridized carbons (Fsp3) is 0. The van der Waals surface area contributed by atoms with Crippen molar-refractivity contribution in [3.05, 3.63) is 182 Å². The largest absolute Gasteiger partial charge is 0.292 e. The molecule has 2 nitrogen and oxygen atoms in total. The molecule has 0 aliphatic rings. The van der Waals surface area contributed by atoms with Gasteiger partial charge in [0.25, 0.3) is 0 Å². The highest BCUT2D eigenvalue weighted by Gasteiger charge is 2.21. The third-order valence-electron chi connectivity index (χ3n) is 8.01. The van der Waals surface area contributed by atoms with Gasteiger partial charge in [0.1, 0.15) is 5.82 Å². The van der Waals surface area contributed by atoms with Crippen LogP contribution in [0.25, 0.3) is 83.0 Å². The molecule has 0 saturated heterocycles. The highest BCUT2D eigenvalue weighted by molar-refractivity contribution is 6.22. The smallest absolute Gasteiger partial charge is 0.145 e. The van der Waals surface area contributed by atoms with Crippen LogP contribution in [0.1, 0.15) is 24.7 Å². The third-order valence-corrected chi connectivity index (χ3v) is 8.01. The molecule has 47 heavy (non-hydrogen) atoms. The van der Waals surface area contributed by atoms with E-state index in [1.807, 2.05) is 0 Å². The predicted octanol–water partition coefficient (Wildman–Crippen LogP) is 12.0. The van der Waals surface area contributed by atoms with Gasteiger partial charge in [0.15, 0.2) is 0 Å². The van der Waals surface area contributed by atoms with Crippen molar-refractivity contribution in [1.29, 1.82) is 0 Å². The number of hydrogen-bond acceptors (Lipinski definition) is 1. The molecule has 0 aliphatic heterocycles. The summed E-state index contributed by atoms with van der Waals surface area (Å²) in [6.45, 7) is 0. The van der Waals surface area contributed by atoms with Gasteiger partial charge in [0.2, 0.25) is 0 Å². The maximum Gasteiger partial charge on any atom is 0.145 e. The Morgan fingerprint density at radius 1 is 0.447 bits per heavy atom. The van der Waals surface area contributed by atoms with E-state index >= 15 is 0 Å². The molecule has 0 fully saturated rings. The van der Waals surface area contributed by atoms with Gasteiger partial charge in [-0.1, -0.05) is 157 Å². The zero-order valence-electron chi connectivity index (χ0n) is 42.3. The zero-order valence-corrected chi connectivity index (χ0v) is 24.3. The fourth-order valence-electron chi connectivity index (χ4n) is 6.09. The summed E-state index contributed by atoms with van der Waals surface area (Å²) in [5.74, 6) is -0.0749. The molecular weight excluding hydrogens is 569 g/mol. The molecule has 2 heteroatoms. The lowest BCUT2D eigenvalue weighted by molar-refractivity contribution is 1.10. The van der Waals surface area contributed by atoms with E-state index in [1.54, 1.807) is 53.1 Å². The first-order valence-electron chi connectivity index (χ1n) is 23.6. The van der Waals surface area contributed by atoms with Gasteiger partial charge in [0.05, 0.1) is 41.4 Å². The maximum absolute atomic E-state index is 9.53. The summed E-state index contributed by atoms with van der Waals surface area (Å²) < 4.78 is 160. The first-order chi connectivity index (χ1) is 30.8. The lowest BCUT2D eigenvalue weighted by Gasteiger charge is -2.21. The summed E-state index contributed by atoms with van der Waals surface area (Å²) in [5, 5.41) is -0.619. The monoisotopic (exact) mass is 616 g/mol. The molecule has 0 N–H and O–H groups in total. The molecule has 0 saturated carbocycles. The van der Waals surface area contributed by atoms with Crippen LogP contribution in [-0.2, 0) is 0 Å². The summed E-state index contributed by atoms with van der Waals surface area (Å²) in [6.07, 6.45) is 0. The van der Waals surface area contributed by atoms with E-state index in [2.05, 4.69) is 0 Å². The Balaban J connectivity index is 1.50. The SMILES string of the molecule is [2H]c1c([2H])c([2H])c(-c2cccc(-c3c4c([2H])c([2H])c([2H])c([2H])c4c(-c4ccccc4-n4c(-c5c([2H])c([2H])c([2H])c([2H])c5[2H])nc5ccccc54)c4c([2H])c([2H])c([2H])c([2H])c34)c2)c([2H])c1[2H]. The predicted molar refractivity (Wildman–Crippen MR) is 198 cm³/mol. The van der Waals surface area contributed by atoms with Gasteiger partial charge in [-0.25, -0.2) is 4.98 Å². The lowest BCUT2D eigenvalue weighted by atomic mass is 9.85. The molecule has 9 aromatic rings. The van der Waals surface area contributed by atoms with Crippen LogP contribution in [0.5, 0.6) is 0 Å². The summed E-state index contributed by atoms with van der Waals surface area (Å²) >= 11 is 0. The van der Waals surface area contributed by atoms with Crippen LogP contribution in [0.3, 0.4) is 0 Å². The molecule has 8 aromatic carbocycles. The molecule has 1 aromatic heterocycles. The number of nitrogens with zero attached hydrogens (tertiary/aromatic N) is 2. The van der Waals surface area contributed by atoms with Gasteiger partial charge in [-0.3, -0.25) is 4.57 Å². The van der Waals surface area contributed by atoms with E-state index in [-0.39, 0.29) is 72.0 Å². The van der Waals surface area contributed by atoms with E-state index < -0.39 is 109 Å². The van der Waals surface area contributed by atoms with Crippen LogP contribution in [-0.4, -0.2) is 9.55 Å². The molecular formula is C45H30N2. The molecule has 0 atom stereocenters. The molecule has 0 amide bonds. The Bertz CT molecular complexity index is 3460. The normalized spacial score (nSPS) is 16.8. The van der Waals surface area contributed by atoms with Crippen molar-refractivity contribution in [3.63, 3.8) is 0 Å². The highest BCUT2D eigenvalue weighted by atomic mass is 15.1. The van der Waals surface area contributed by atoms with Crippen LogP contribution in [0, 0.1) is 0 Å². The summed E-state index contributed by atoms with van der Waals surface area (Å²) in [4.78, 5) is 4.77. The third kappa shape index (κ3) is 4.54. The Morgan fingerprint density at radius 3 is 1.70 bits per heavy atom. The maximum atomic E-state index is 9.53. The Labute approximate surface area is 299 Å². The van der Waals surface area contributed by atoms with Crippen LogP contribution in [0.4, 0.5) is 0 Å². The van der Waals surface area contributed by atoms with Crippen molar-refractivity contribution < 1.29 is 24.7 Å². The molecule has 0 radical (unpaired) electrons. The fourth-order valence-corrected chi connectivity index (χ4v) is 6.09.